The number of benzene rings is 3. The van der Waals surface area contributed by atoms with E-state index in [0.717, 1.165) is 15.1 Å². The van der Waals surface area contributed by atoms with Gasteiger partial charge in [0.05, 0.1) is 12.0 Å². The smallest absolute Gasteiger partial charge is 0.342 e. The fourth-order valence-electron chi connectivity index (χ4n) is 2.90. The van der Waals surface area contributed by atoms with E-state index in [9.17, 15) is 18.0 Å². The van der Waals surface area contributed by atoms with Gasteiger partial charge in [-0.15, -0.1) is 0 Å². The van der Waals surface area contributed by atoms with Gasteiger partial charge in [0.2, 0.25) is 10.0 Å². The van der Waals surface area contributed by atoms with Gasteiger partial charge in [0.15, 0.2) is 6.61 Å². The maximum atomic E-state index is 12.5. The lowest BCUT2D eigenvalue weighted by Crippen LogP contribution is -2.23. The summed E-state index contributed by atoms with van der Waals surface area (Å²) in [5.41, 5.74) is 0.473. The number of rotatable bonds is 7. The zero-order chi connectivity index (χ0) is 22.6. The van der Waals surface area contributed by atoms with Gasteiger partial charge in [0.1, 0.15) is 11.3 Å². The van der Waals surface area contributed by atoms with Crippen LogP contribution in [0.2, 0.25) is 0 Å². The Morgan fingerprint density at radius 2 is 1.65 bits per heavy atom. The maximum Gasteiger partial charge on any atom is 0.342 e. The summed E-state index contributed by atoms with van der Waals surface area (Å²) in [6.45, 7) is -0.542. The molecule has 0 atom stereocenters. The summed E-state index contributed by atoms with van der Waals surface area (Å²) in [7, 11) is 0.642. The Morgan fingerprint density at radius 3 is 2.29 bits per heavy atom. The number of esters is 1. The molecule has 31 heavy (non-hydrogen) atoms. The van der Waals surface area contributed by atoms with Crippen LogP contribution in [0.15, 0.2) is 65.6 Å². The Bertz CT molecular complexity index is 1240. The van der Waals surface area contributed by atoms with Crippen LogP contribution in [0, 0.1) is 0 Å². The Labute approximate surface area is 180 Å². The van der Waals surface area contributed by atoms with Gasteiger partial charge >= 0.3 is 5.97 Å². The van der Waals surface area contributed by atoms with Crippen molar-refractivity contribution in [1.29, 1.82) is 0 Å². The molecule has 9 heteroatoms. The third kappa shape index (κ3) is 5.01. The molecule has 3 rings (SSSR count). The molecule has 0 spiro atoms. The van der Waals surface area contributed by atoms with Crippen molar-refractivity contribution in [3.05, 3.63) is 66.2 Å². The van der Waals surface area contributed by atoms with Crippen LogP contribution >= 0.6 is 0 Å². The summed E-state index contributed by atoms with van der Waals surface area (Å²) >= 11 is 0. The average Bonchev–Trinajstić information content (AvgIpc) is 2.76. The Balaban J connectivity index is 1.69. The molecule has 0 saturated carbocycles. The van der Waals surface area contributed by atoms with Gasteiger partial charge in [-0.1, -0.05) is 30.3 Å². The number of carbonyl (C=O) groups is 2. The molecule has 0 saturated heterocycles. The monoisotopic (exact) mass is 442 g/mol. The van der Waals surface area contributed by atoms with E-state index in [0.29, 0.717) is 5.75 Å². The predicted molar refractivity (Wildman–Crippen MR) is 117 cm³/mol. The lowest BCUT2D eigenvalue weighted by Gasteiger charge is -2.13. The molecule has 8 nitrogen and oxygen atoms in total. The minimum Gasteiger partial charge on any atom is -0.496 e. The Kier molecular flexibility index (Phi) is 6.57. The Hall–Kier alpha value is -3.43. The summed E-state index contributed by atoms with van der Waals surface area (Å²) in [5, 5.41) is 4.26. The molecule has 1 N–H and O–H groups in total. The highest BCUT2D eigenvalue weighted by molar-refractivity contribution is 7.89. The third-order valence-electron chi connectivity index (χ3n) is 4.52. The second-order valence-electron chi connectivity index (χ2n) is 6.84. The molecule has 0 radical (unpaired) electrons. The summed E-state index contributed by atoms with van der Waals surface area (Å²) in [6.07, 6.45) is 0. The van der Waals surface area contributed by atoms with Crippen LogP contribution in [-0.2, 0) is 19.6 Å². The first-order valence-electron chi connectivity index (χ1n) is 9.28. The molecule has 1 amide bonds. The fraction of sp³-hybridized carbons (Fsp3) is 0.182. The number of nitrogens with zero attached hydrogens (tertiary/aromatic N) is 1. The highest BCUT2D eigenvalue weighted by Gasteiger charge is 2.19. The number of hydrogen-bond donors (Lipinski definition) is 1. The standard InChI is InChI=1S/C22H22N2O6S/c1-24(2)31(27,28)18-10-6-9-17(13-18)23-21(25)14-30-22(26)19-11-15-7-4-5-8-16(15)12-20(19)29-3/h4-13H,14H2,1-3H3,(H,23,25). The lowest BCUT2D eigenvalue weighted by atomic mass is 10.1. The first kappa shape index (κ1) is 22.3. The second-order valence-corrected chi connectivity index (χ2v) is 8.99. The molecule has 3 aromatic carbocycles. The van der Waals surface area contributed by atoms with Crippen molar-refractivity contribution in [3.8, 4) is 5.75 Å². The summed E-state index contributed by atoms with van der Waals surface area (Å²) in [4.78, 5) is 24.8. The van der Waals surface area contributed by atoms with Crippen molar-refractivity contribution in [1.82, 2.24) is 4.31 Å². The van der Waals surface area contributed by atoms with E-state index < -0.39 is 28.5 Å². The first-order chi connectivity index (χ1) is 14.7. The van der Waals surface area contributed by atoms with Gasteiger partial charge in [0, 0.05) is 19.8 Å². The first-order valence-corrected chi connectivity index (χ1v) is 10.7. The van der Waals surface area contributed by atoms with E-state index in [-0.39, 0.29) is 16.1 Å². The topological polar surface area (TPSA) is 102 Å². The molecule has 0 unspecified atom stereocenters. The highest BCUT2D eigenvalue weighted by Crippen LogP contribution is 2.26. The van der Waals surface area contributed by atoms with Gasteiger partial charge in [-0.3, -0.25) is 4.79 Å². The van der Waals surface area contributed by atoms with E-state index in [1.54, 1.807) is 18.2 Å². The van der Waals surface area contributed by atoms with Crippen molar-refractivity contribution in [2.75, 3.05) is 33.1 Å². The van der Waals surface area contributed by atoms with Crippen LogP contribution in [-0.4, -0.2) is 52.4 Å². The SMILES string of the molecule is COc1cc2ccccc2cc1C(=O)OCC(=O)Nc1cccc(S(=O)(=O)N(C)C)c1. The minimum absolute atomic E-state index is 0.0354. The van der Waals surface area contributed by atoms with Crippen molar-refractivity contribution in [2.45, 2.75) is 4.90 Å². The zero-order valence-corrected chi connectivity index (χ0v) is 18.1. The van der Waals surface area contributed by atoms with E-state index in [1.165, 1.54) is 39.4 Å². The van der Waals surface area contributed by atoms with Crippen molar-refractivity contribution < 1.29 is 27.5 Å². The van der Waals surface area contributed by atoms with E-state index in [4.69, 9.17) is 9.47 Å². The average molecular weight is 442 g/mol. The molecular weight excluding hydrogens is 420 g/mol. The van der Waals surface area contributed by atoms with Crippen molar-refractivity contribution >= 4 is 38.4 Å². The molecule has 0 aromatic heterocycles. The number of anilines is 1. The van der Waals surface area contributed by atoms with Crippen LogP contribution in [0.4, 0.5) is 5.69 Å². The predicted octanol–water partition coefficient (Wildman–Crippen LogP) is 2.89. The fourth-order valence-corrected chi connectivity index (χ4v) is 3.85. The van der Waals surface area contributed by atoms with Crippen molar-refractivity contribution in [3.63, 3.8) is 0 Å². The van der Waals surface area contributed by atoms with Gasteiger partial charge in [-0.25, -0.2) is 17.5 Å². The number of methoxy groups -OCH3 is 1. The van der Waals surface area contributed by atoms with Gasteiger partial charge in [-0.2, -0.15) is 0 Å². The zero-order valence-electron chi connectivity index (χ0n) is 17.3. The number of amides is 1. The summed E-state index contributed by atoms with van der Waals surface area (Å²) in [5.74, 6) is -0.972. The minimum atomic E-state index is -3.64. The molecule has 0 bridgehead atoms. The largest absolute Gasteiger partial charge is 0.496 e. The summed E-state index contributed by atoms with van der Waals surface area (Å²) < 4.78 is 35.9. The second kappa shape index (κ2) is 9.15. The van der Waals surface area contributed by atoms with Crippen LogP contribution in [0.3, 0.4) is 0 Å². The quantitative estimate of drug-likeness (QED) is 0.565. The molecule has 162 valence electrons. The van der Waals surface area contributed by atoms with Crippen LogP contribution in [0.25, 0.3) is 10.8 Å². The third-order valence-corrected chi connectivity index (χ3v) is 6.33. The van der Waals surface area contributed by atoms with Crippen LogP contribution < -0.4 is 10.1 Å². The number of hydrogen-bond acceptors (Lipinski definition) is 6. The summed E-state index contributed by atoms with van der Waals surface area (Å²) in [6, 6.07) is 16.7. The van der Waals surface area contributed by atoms with Gasteiger partial charge in [-0.05, 0) is 41.1 Å². The highest BCUT2D eigenvalue weighted by atomic mass is 32.2. The number of nitrogens with one attached hydrogen (secondary N) is 1. The van der Waals surface area contributed by atoms with E-state index in [1.807, 2.05) is 24.3 Å². The molecule has 0 aliphatic carbocycles. The van der Waals surface area contributed by atoms with Gasteiger partial charge < -0.3 is 14.8 Å². The molecule has 3 aromatic rings. The Morgan fingerprint density at radius 1 is 0.968 bits per heavy atom. The maximum absolute atomic E-state index is 12.5. The number of sulfonamides is 1. The number of fused-ring (bicyclic) bond motifs is 1. The molecular formula is C22H22N2O6S. The van der Waals surface area contributed by atoms with E-state index in [2.05, 4.69) is 5.32 Å². The van der Waals surface area contributed by atoms with Crippen LogP contribution in [0.1, 0.15) is 10.4 Å². The van der Waals surface area contributed by atoms with Gasteiger partial charge in [0.25, 0.3) is 5.91 Å². The normalized spacial score (nSPS) is 11.4. The van der Waals surface area contributed by atoms with Crippen molar-refractivity contribution in [2.24, 2.45) is 0 Å². The molecule has 0 fully saturated rings. The molecule has 0 heterocycles. The number of carbonyl (C=O) groups excluding carboxylic acids is 2. The molecule has 0 aliphatic rings. The van der Waals surface area contributed by atoms with E-state index >= 15 is 0 Å². The number of ether oxygens (including phenoxy) is 2. The lowest BCUT2D eigenvalue weighted by molar-refractivity contribution is -0.119. The van der Waals surface area contributed by atoms with Crippen LogP contribution in [0.5, 0.6) is 5.75 Å². The molecule has 0 aliphatic heterocycles.